The van der Waals surface area contributed by atoms with Crippen LogP contribution in [0.4, 0.5) is 17.1 Å². The van der Waals surface area contributed by atoms with Gasteiger partial charge in [-0.05, 0) is 6.07 Å². The second kappa shape index (κ2) is 1.85. The molecule has 0 unspecified atom stereocenters. The largest absolute Gasteiger partial charge is 0.271 e. The van der Waals surface area contributed by atoms with Crippen molar-refractivity contribution >= 4 is 17.1 Å². The summed E-state index contributed by atoms with van der Waals surface area (Å²) in [6.07, 6.45) is 0. The van der Waals surface area contributed by atoms with Crippen molar-refractivity contribution in [2.24, 2.45) is 10.2 Å². The molecule has 0 N–H and O–H groups in total. The van der Waals surface area contributed by atoms with Crippen molar-refractivity contribution < 1.29 is 4.92 Å². The van der Waals surface area contributed by atoms with E-state index in [4.69, 9.17) is 0 Å². The molecule has 5 heteroatoms. The zero-order valence-electron chi connectivity index (χ0n) is 5.39. The fourth-order valence-electron chi connectivity index (χ4n) is 0.853. The first-order chi connectivity index (χ1) is 5.27. The lowest BCUT2D eigenvalue weighted by Crippen LogP contribution is -1.87. The smallest absolute Gasteiger partial charge is 0.258 e. The molecular formula is C6H3N3O2. The number of benzene rings is 1. The highest BCUT2D eigenvalue weighted by Gasteiger charge is 2.14. The number of nitrogens with zero attached hydrogens (tertiary/aromatic N) is 3. The van der Waals surface area contributed by atoms with Gasteiger partial charge < -0.3 is 0 Å². The van der Waals surface area contributed by atoms with E-state index in [1.165, 1.54) is 12.1 Å². The van der Waals surface area contributed by atoms with Crippen molar-refractivity contribution in [2.45, 2.75) is 0 Å². The van der Waals surface area contributed by atoms with Crippen molar-refractivity contribution in [1.29, 1.82) is 0 Å². The van der Waals surface area contributed by atoms with Gasteiger partial charge in [0.2, 0.25) is 0 Å². The first kappa shape index (κ1) is 5.96. The molecule has 0 atom stereocenters. The number of non-ortho nitro benzene ring substituents is 1. The molecule has 0 saturated heterocycles. The Labute approximate surface area is 61.5 Å². The topological polar surface area (TPSA) is 67.9 Å². The van der Waals surface area contributed by atoms with Gasteiger partial charge in [-0.1, -0.05) is 0 Å². The Balaban J connectivity index is 2.50. The minimum absolute atomic E-state index is 0.0578. The Morgan fingerprint density at radius 3 is 2.45 bits per heavy atom. The lowest BCUT2D eigenvalue weighted by molar-refractivity contribution is -0.384. The van der Waals surface area contributed by atoms with Gasteiger partial charge in [-0.3, -0.25) is 10.1 Å². The normalized spacial score (nSPS) is 12.0. The molecule has 1 aliphatic heterocycles. The second-order valence-corrected chi connectivity index (χ2v) is 2.13. The van der Waals surface area contributed by atoms with E-state index in [0.29, 0.717) is 5.69 Å². The van der Waals surface area contributed by atoms with Gasteiger partial charge in [0, 0.05) is 12.1 Å². The van der Waals surface area contributed by atoms with Gasteiger partial charge in [0.15, 0.2) is 0 Å². The molecule has 54 valence electrons. The summed E-state index contributed by atoms with van der Waals surface area (Å²) in [7, 11) is 0. The van der Waals surface area contributed by atoms with Gasteiger partial charge in [-0.25, -0.2) is 0 Å². The van der Waals surface area contributed by atoms with E-state index in [9.17, 15) is 10.1 Å². The summed E-state index contributed by atoms with van der Waals surface area (Å²) in [4.78, 5) is 9.77. The molecular weight excluding hydrogens is 146 g/mol. The number of hydrogen-bond donors (Lipinski definition) is 0. The number of nitro groups is 1. The molecule has 0 fully saturated rings. The Bertz CT molecular complexity index is 359. The van der Waals surface area contributed by atoms with Crippen molar-refractivity contribution in [3.05, 3.63) is 28.3 Å². The van der Waals surface area contributed by atoms with Crippen molar-refractivity contribution in [2.75, 3.05) is 0 Å². The van der Waals surface area contributed by atoms with E-state index in [2.05, 4.69) is 10.2 Å². The SMILES string of the molecule is O=[N+]([O-])c1ccc2c(c1)N=N2. The first-order valence-electron chi connectivity index (χ1n) is 2.97. The van der Waals surface area contributed by atoms with Crippen LogP contribution < -0.4 is 0 Å². The monoisotopic (exact) mass is 149 g/mol. The van der Waals surface area contributed by atoms with E-state index in [1.807, 2.05) is 0 Å². The average Bonchev–Trinajstić information content (AvgIpc) is 1.91. The molecule has 0 spiro atoms. The number of rotatable bonds is 1. The third-order valence-electron chi connectivity index (χ3n) is 1.44. The van der Waals surface area contributed by atoms with Gasteiger partial charge in [0.25, 0.3) is 5.69 Å². The molecule has 1 aliphatic rings. The van der Waals surface area contributed by atoms with Crippen LogP contribution in [0.15, 0.2) is 28.4 Å². The second-order valence-electron chi connectivity index (χ2n) is 2.13. The molecule has 1 aromatic carbocycles. The maximum Gasteiger partial charge on any atom is 0.271 e. The predicted octanol–water partition coefficient (Wildman–Crippen LogP) is 2.32. The number of hydrogen-bond acceptors (Lipinski definition) is 4. The Morgan fingerprint density at radius 2 is 2.00 bits per heavy atom. The van der Waals surface area contributed by atoms with Gasteiger partial charge in [0.1, 0.15) is 11.4 Å². The van der Waals surface area contributed by atoms with Crippen LogP contribution in [-0.2, 0) is 0 Å². The first-order valence-corrected chi connectivity index (χ1v) is 2.97. The fraction of sp³-hybridized carbons (Fsp3) is 0. The molecule has 11 heavy (non-hydrogen) atoms. The minimum atomic E-state index is -0.450. The molecule has 0 saturated carbocycles. The minimum Gasteiger partial charge on any atom is -0.258 e. The van der Waals surface area contributed by atoms with E-state index in [0.717, 1.165) is 5.69 Å². The van der Waals surface area contributed by atoms with Crippen molar-refractivity contribution in [1.82, 2.24) is 0 Å². The van der Waals surface area contributed by atoms with E-state index >= 15 is 0 Å². The third-order valence-corrected chi connectivity index (χ3v) is 1.44. The summed E-state index contributed by atoms with van der Waals surface area (Å²) in [5.41, 5.74) is 1.37. The van der Waals surface area contributed by atoms with Gasteiger partial charge in [0.05, 0.1) is 4.92 Å². The molecule has 1 aromatic rings. The molecule has 2 rings (SSSR count). The molecule has 0 aromatic heterocycles. The molecule has 0 radical (unpaired) electrons. The van der Waals surface area contributed by atoms with Gasteiger partial charge in [-0.15, -0.1) is 10.2 Å². The molecule has 1 heterocycles. The summed E-state index contributed by atoms with van der Waals surface area (Å²) in [5, 5.41) is 17.5. The van der Waals surface area contributed by atoms with E-state index in [-0.39, 0.29) is 5.69 Å². The van der Waals surface area contributed by atoms with E-state index in [1.54, 1.807) is 6.07 Å². The molecule has 0 aliphatic carbocycles. The Morgan fingerprint density at radius 1 is 1.27 bits per heavy atom. The summed E-state index contributed by atoms with van der Waals surface area (Å²) < 4.78 is 0. The number of azo groups is 1. The zero-order valence-corrected chi connectivity index (χ0v) is 5.39. The highest BCUT2D eigenvalue weighted by Crippen LogP contribution is 2.39. The van der Waals surface area contributed by atoms with Crippen molar-refractivity contribution in [3.63, 3.8) is 0 Å². The lowest BCUT2D eigenvalue weighted by atomic mass is 10.2. The maximum absolute atomic E-state index is 10.2. The third kappa shape index (κ3) is 0.778. The summed E-state index contributed by atoms with van der Waals surface area (Å²) in [5.74, 6) is 0. The lowest BCUT2D eigenvalue weighted by Gasteiger charge is -2.04. The van der Waals surface area contributed by atoms with Crippen LogP contribution in [0.1, 0.15) is 0 Å². The maximum atomic E-state index is 10.2. The van der Waals surface area contributed by atoms with Crippen LogP contribution >= 0.6 is 0 Å². The zero-order chi connectivity index (χ0) is 7.84. The predicted molar refractivity (Wildman–Crippen MR) is 37.3 cm³/mol. The highest BCUT2D eigenvalue weighted by atomic mass is 16.6. The van der Waals surface area contributed by atoms with Gasteiger partial charge in [-0.2, -0.15) is 0 Å². The van der Waals surface area contributed by atoms with Crippen LogP contribution in [0.3, 0.4) is 0 Å². The quantitative estimate of drug-likeness (QED) is 0.461. The summed E-state index contributed by atoms with van der Waals surface area (Å²) >= 11 is 0. The average molecular weight is 149 g/mol. The van der Waals surface area contributed by atoms with E-state index < -0.39 is 4.92 Å². The van der Waals surface area contributed by atoms with Crippen molar-refractivity contribution in [3.8, 4) is 0 Å². The number of fused-ring (bicyclic) bond motifs is 1. The summed E-state index contributed by atoms with van der Waals surface area (Å²) in [6.45, 7) is 0. The van der Waals surface area contributed by atoms with Crippen LogP contribution in [-0.4, -0.2) is 4.92 Å². The van der Waals surface area contributed by atoms with Crippen LogP contribution in [0.5, 0.6) is 0 Å². The Hall–Kier alpha value is -1.78. The van der Waals surface area contributed by atoms with Gasteiger partial charge >= 0.3 is 0 Å². The van der Waals surface area contributed by atoms with Crippen LogP contribution in [0.2, 0.25) is 0 Å². The fourth-order valence-corrected chi connectivity index (χ4v) is 0.853. The molecule has 0 amide bonds. The highest BCUT2D eigenvalue weighted by molar-refractivity contribution is 5.69. The number of nitro benzene ring substituents is 1. The summed E-state index contributed by atoms with van der Waals surface area (Å²) in [6, 6.07) is 4.40. The van der Waals surface area contributed by atoms with Crippen LogP contribution in [0.25, 0.3) is 0 Å². The molecule has 0 bridgehead atoms. The molecule has 5 nitrogen and oxygen atoms in total. The van der Waals surface area contributed by atoms with Crippen LogP contribution in [0, 0.1) is 10.1 Å². The standard InChI is InChI=1S/C6H3N3O2/c10-9(11)4-1-2-5-6(3-4)8-7-5/h1-3H. The Kier molecular flexibility index (Phi) is 1.00.